The van der Waals surface area contributed by atoms with Crippen LogP contribution >= 0.6 is 0 Å². The van der Waals surface area contributed by atoms with Crippen molar-refractivity contribution in [1.82, 2.24) is 18.9 Å². The molecule has 8 aromatic rings. The standard InChI is InChI=1S/C47H48N4O2/c1-32-27-34(46(52-5)44(29-32)50-40-19-11-7-15-36(40)37-16-8-12-20-41(37)50)23-25-48(3)31-49(4)26-24-35-28-33(2)30-45(47(35)53-6)51-42-21-13-9-17-38(42)39-18-10-14-22-43(39)51/h7-22,27-30H,23-26,31H2,1-6H3. The van der Waals surface area contributed by atoms with Crippen LogP contribution in [0.3, 0.4) is 0 Å². The fourth-order valence-corrected chi connectivity index (χ4v) is 8.37. The Bertz CT molecular complexity index is 2310. The van der Waals surface area contributed by atoms with E-state index >= 15 is 0 Å². The van der Waals surface area contributed by atoms with Crippen LogP contribution in [0.15, 0.2) is 121 Å². The summed E-state index contributed by atoms with van der Waals surface area (Å²) in [7, 11) is 8.02. The second kappa shape index (κ2) is 14.5. The maximum atomic E-state index is 6.21. The molecule has 0 amide bonds. The smallest absolute Gasteiger partial charge is 0.146 e. The minimum absolute atomic E-state index is 0.849. The topological polar surface area (TPSA) is 34.8 Å². The number of para-hydroxylation sites is 4. The van der Waals surface area contributed by atoms with E-state index in [0.717, 1.165) is 55.5 Å². The van der Waals surface area contributed by atoms with Crippen LogP contribution in [0, 0.1) is 13.8 Å². The van der Waals surface area contributed by atoms with Gasteiger partial charge < -0.3 is 18.6 Å². The molecule has 0 bridgehead atoms. The molecule has 53 heavy (non-hydrogen) atoms. The van der Waals surface area contributed by atoms with Gasteiger partial charge >= 0.3 is 0 Å². The molecule has 0 unspecified atom stereocenters. The third-order valence-corrected chi connectivity index (χ3v) is 10.6. The lowest BCUT2D eigenvalue weighted by Crippen LogP contribution is -2.35. The number of ether oxygens (including phenoxy) is 2. The number of methoxy groups -OCH3 is 2. The van der Waals surface area contributed by atoms with Gasteiger partial charge in [0.25, 0.3) is 0 Å². The first kappa shape index (κ1) is 34.5. The van der Waals surface area contributed by atoms with E-state index in [0.29, 0.717) is 0 Å². The van der Waals surface area contributed by atoms with Gasteiger partial charge in [0.05, 0.1) is 54.3 Å². The zero-order valence-electron chi connectivity index (χ0n) is 31.7. The minimum Gasteiger partial charge on any atom is -0.494 e. The lowest BCUT2D eigenvalue weighted by molar-refractivity contribution is 0.185. The van der Waals surface area contributed by atoms with Gasteiger partial charge in [-0.3, -0.25) is 9.80 Å². The number of likely N-dealkylation sites (N-methyl/N-ethyl adjacent to an activating group) is 2. The Balaban J connectivity index is 1.00. The first-order chi connectivity index (χ1) is 25.9. The summed E-state index contributed by atoms with van der Waals surface area (Å²) in [6, 6.07) is 43.7. The molecule has 0 saturated carbocycles. The van der Waals surface area contributed by atoms with Gasteiger partial charge in [-0.1, -0.05) is 84.9 Å². The van der Waals surface area contributed by atoms with Crippen molar-refractivity contribution < 1.29 is 9.47 Å². The van der Waals surface area contributed by atoms with E-state index in [1.807, 2.05) is 0 Å². The second-order valence-corrected chi connectivity index (χ2v) is 14.5. The van der Waals surface area contributed by atoms with Gasteiger partial charge in [0.15, 0.2) is 0 Å². The summed E-state index contributed by atoms with van der Waals surface area (Å²) in [5.74, 6) is 1.88. The van der Waals surface area contributed by atoms with Crippen molar-refractivity contribution in [1.29, 1.82) is 0 Å². The third-order valence-electron chi connectivity index (χ3n) is 10.6. The second-order valence-electron chi connectivity index (χ2n) is 14.5. The molecule has 0 fully saturated rings. The average molecular weight is 701 g/mol. The van der Waals surface area contributed by atoms with Gasteiger partial charge in [0, 0.05) is 34.6 Å². The first-order valence-electron chi connectivity index (χ1n) is 18.6. The average Bonchev–Trinajstić information content (AvgIpc) is 3.69. The van der Waals surface area contributed by atoms with Crippen LogP contribution in [0.25, 0.3) is 55.0 Å². The molecule has 0 saturated heterocycles. The lowest BCUT2D eigenvalue weighted by Gasteiger charge is -2.26. The number of fused-ring (bicyclic) bond motifs is 6. The number of hydrogen-bond donors (Lipinski definition) is 0. The van der Waals surface area contributed by atoms with Gasteiger partial charge in [-0.05, 0) is 99.4 Å². The fraction of sp³-hybridized carbons (Fsp3) is 0.234. The number of benzene rings is 6. The molecular weight excluding hydrogens is 653 g/mol. The largest absolute Gasteiger partial charge is 0.494 e. The van der Waals surface area contributed by atoms with Crippen LogP contribution in [0.4, 0.5) is 0 Å². The van der Waals surface area contributed by atoms with Crippen molar-refractivity contribution in [3.63, 3.8) is 0 Å². The Labute approximate surface area is 312 Å². The summed E-state index contributed by atoms with van der Waals surface area (Å²) < 4.78 is 17.1. The predicted molar refractivity (Wildman–Crippen MR) is 222 cm³/mol. The number of aryl methyl sites for hydroxylation is 2. The van der Waals surface area contributed by atoms with Crippen LogP contribution in [-0.2, 0) is 12.8 Å². The summed E-state index contributed by atoms with van der Waals surface area (Å²) in [6.07, 6.45) is 1.76. The van der Waals surface area contributed by atoms with Crippen molar-refractivity contribution in [3.8, 4) is 22.9 Å². The highest BCUT2D eigenvalue weighted by Crippen LogP contribution is 2.39. The Kier molecular flexibility index (Phi) is 9.42. The highest BCUT2D eigenvalue weighted by molar-refractivity contribution is 6.10. The summed E-state index contributed by atoms with van der Waals surface area (Å²) >= 11 is 0. The molecule has 2 aromatic heterocycles. The zero-order chi connectivity index (χ0) is 36.6. The number of aromatic nitrogens is 2. The summed E-state index contributed by atoms with van der Waals surface area (Å²) in [4.78, 5) is 4.80. The van der Waals surface area contributed by atoms with E-state index in [1.54, 1.807) is 14.2 Å². The Hall–Kier alpha value is -5.56. The fourth-order valence-electron chi connectivity index (χ4n) is 8.37. The third kappa shape index (κ3) is 6.32. The van der Waals surface area contributed by atoms with Crippen molar-refractivity contribution in [2.24, 2.45) is 0 Å². The molecule has 0 atom stereocenters. The molecule has 0 spiro atoms. The molecule has 0 aliphatic heterocycles. The summed E-state index contributed by atoms with van der Waals surface area (Å²) in [5, 5.41) is 5.01. The maximum Gasteiger partial charge on any atom is 0.146 e. The SMILES string of the molecule is COc1c(CCN(C)CN(C)CCc2cc(C)cc(-n3c4ccccc4c4ccccc43)c2OC)cc(C)cc1-n1c2ccccc2c2ccccc21. The molecular formula is C47H48N4O2. The van der Waals surface area contributed by atoms with E-state index in [2.05, 4.69) is 168 Å². The van der Waals surface area contributed by atoms with Crippen LogP contribution < -0.4 is 9.47 Å². The normalized spacial score (nSPS) is 11.9. The number of nitrogens with zero attached hydrogens (tertiary/aromatic N) is 4. The molecule has 268 valence electrons. The molecule has 0 N–H and O–H groups in total. The van der Waals surface area contributed by atoms with Crippen molar-refractivity contribution in [2.45, 2.75) is 26.7 Å². The predicted octanol–water partition coefficient (Wildman–Crippen LogP) is 10.1. The molecule has 0 aliphatic carbocycles. The molecule has 0 radical (unpaired) electrons. The molecule has 6 heteroatoms. The van der Waals surface area contributed by atoms with E-state index < -0.39 is 0 Å². The van der Waals surface area contributed by atoms with E-state index in [4.69, 9.17) is 9.47 Å². The molecule has 6 aromatic carbocycles. The van der Waals surface area contributed by atoms with Crippen molar-refractivity contribution >= 4 is 43.6 Å². The van der Waals surface area contributed by atoms with E-state index in [-0.39, 0.29) is 0 Å². The quantitative estimate of drug-likeness (QED) is 0.119. The highest BCUT2D eigenvalue weighted by atomic mass is 16.5. The lowest BCUT2D eigenvalue weighted by atomic mass is 10.0. The van der Waals surface area contributed by atoms with Gasteiger partial charge in [0.2, 0.25) is 0 Å². The van der Waals surface area contributed by atoms with E-state index in [1.165, 1.54) is 65.9 Å². The number of rotatable bonds is 12. The van der Waals surface area contributed by atoms with E-state index in [9.17, 15) is 0 Å². The highest BCUT2D eigenvalue weighted by Gasteiger charge is 2.20. The van der Waals surface area contributed by atoms with Crippen LogP contribution in [-0.4, -0.2) is 67.0 Å². The number of hydrogen-bond acceptors (Lipinski definition) is 4. The monoisotopic (exact) mass is 700 g/mol. The molecule has 6 nitrogen and oxygen atoms in total. The Morgan fingerprint density at radius 2 is 0.792 bits per heavy atom. The van der Waals surface area contributed by atoms with Gasteiger partial charge in [0.1, 0.15) is 11.5 Å². The van der Waals surface area contributed by atoms with Crippen molar-refractivity contribution in [3.05, 3.63) is 144 Å². The van der Waals surface area contributed by atoms with Crippen LogP contribution in [0.5, 0.6) is 11.5 Å². The van der Waals surface area contributed by atoms with Gasteiger partial charge in [-0.25, -0.2) is 0 Å². The zero-order valence-corrected chi connectivity index (χ0v) is 31.7. The van der Waals surface area contributed by atoms with Crippen LogP contribution in [0.2, 0.25) is 0 Å². The minimum atomic E-state index is 0.849. The molecule has 2 heterocycles. The molecule has 0 aliphatic rings. The van der Waals surface area contributed by atoms with Crippen LogP contribution in [0.1, 0.15) is 22.3 Å². The molecule has 8 rings (SSSR count). The Morgan fingerprint density at radius 1 is 0.472 bits per heavy atom. The van der Waals surface area contributed by atoms with Crippen molar-refractivity contribution in [2.75, 3.05) is 48.1 Å². The summed E-state index contributed by atoms with van der Waals surface area (Å²) in [6.45, 7) is 7.03. The van der Waals surface area contributed by atoms with Gasteiger partial charge in [-0.2, -0.15) is 0 Å². The Morgan fingerprint density at radius 3 is 1.11 bits per heavy atom. The summed E-state index contributed by atoms with van der Waals surface area (Å²) in [5.41, 5.74) is 11.8. The first-order valence-corrected chi connectivity index (χ1v) is 18.6. The maximum absolute atomic E-state index is 6.21. The van der Waals surface area contributed by atoms with Gasteiger partial charge in [-0.15, -0.1) is 0 Å².